The monoisotopic (exact) mass is 222 g/mol. The Hall–Kier alpha value is -0.760. The lowest BCUT2D eigenvalue weighted by atomic mass is 10.1. The molecule has 0 aromatic carbocycles. The number of aryl methyl sites for hydroxylation is 1. The Labute approximate surface area is 100 Å². The lowest BCUT2D eigenvalue weighted by molar-refractivity contribution is 0.558. The molecular weight excluding hydrogens is 196 g/mol. The molecule has 0 amide bonds. The van der Waals surface area contributed by atoms with E-state index < -0.39 is 0 Å². The van der Waals surface area contributed by atoms with Crippen LogP contribution in [0, 0.1) is 0 Å². The summed E-state index contributed by atoms with van der Waals surface area (Å²) in [5.74, 6) is 0. The Morgan fingerprint density at radius 3 is 2.62 bits per heavy atom. The molecule has 0 saturated heterocycles. The van der Waals surface area contributed by atoms with E-state index in [9.17, 15) is 0 Å². The quantitative estimate of drug-likeness (QED) is 0.632. The third-order valence-corrected chi connectivity index (χ3v) is 2.96. The van der Waals surface area contributed by atoms with Gasteiger partial charge in [-0.05, 0) is 25.1 Å². The minimum atomic E-state index is 0.976. The van der Waals surface area contributed by atoms with Crippen molar-refractivity contribution in [1.82, 2.24) is 9.88 Å². The van der Waals surface area contributed by atoms with Gasteiger partial charge in [0.1, 0.15) is 0 Å². The van der Waals surface area contributed by atoms with Crippen molar-refractivity contribution in [2.45, 2.75) is 58.5 Å². The minimum Gasteiger partial charge on any atom is -0.354 e. The lowest BCUT2D eigenvalue weighted by Crippen LogP contribution is -2.04. The van der Waals surface area contributed by atoms with Gasteiger partial charge in [0.15, 0.2) is 0 Å². The molecule has 0 unspecified atom stereocenters. The summed E-state index contributed by atoms with van der Waals surface area (Å²) in [6.07, 6.45) is 12.7. The largest absolute Gasteiger partial charge is 0.354 e. The van der Waals surface area contributed by atoms with Crippen molar-refractivity contribution >= 4 is 0 Å². The van der Waals surface area contributed by atoms with Gasteiger partial charge in [-0.3, -0.25) is 0 Å². The van der Waals surface area contributed by atoms with Gasteiger partial charge in [0.05, 0.1) is 0 Å². The summed E-state index contributed by atoms with van der Waals surface area (Å²) in [5, 5.41) is 3.17. The zero-order chi connectivity index (χ0) is 11.6. The Balaban J connectivity index is 2.07. The van der Waals surface area contributed by atoms with E-state index in [-0.39, 0.29) is 0 Å². The first kappa shape index (κ1) is 13.3. The van der Waals surface area contributed by atoms with Gasteiger partial charge in [0.2, 0.25) is 0 Å². The van der Waals surface area contributed by atoms with Crippen LogP contribution in [-0.4, -0.2) is 11.6 Å². The summed E-state index contributed by atoms with van der Waals surface area (Å²) in [4.78, 5) is 0. The first-order valence-corrected chi connectivity index (χ1v) is 6.66. The van der Waals surface area contributed by atoms with Gasteiger partial charge in [-0.2, -0.15) is 0 Å². The van der Waals surface area contributed by atoms with Crippen LogP contribution in [0.3, 0.4) is 0 Å². The van der Waals surface area contributed by atoms with Crippen LogP contribution in [0.2, 0.25) is 0 Å². The second-order valence-corrected chi connectivity index (χ2v) is 4.56. The highest BCUT2D eigenvalue weighted by Gasteiger charge is 1.95. The van der Waals surface area contributed by atoms with Gasteiger partial charge in [-0.15, -0.1) is 0 Å². The molecule has 92 valence electrons. The van der Waals surface area contributed by atoms with Crippen LogP contribution in [0.25, 0.3) is 0 Å². The maximum absolute atomic E-state index is 3.17. The Bertz CT molecular complexity index is 265. The number of rotatable bonds is 9. The maximum Gasteiger partial charge on any atom is 0.0219 e. The standard InChI is InChI=1S/C14H26N2/c1-3-4-5-6-7-8-10-16-11-9-14(13-16)12-15-2/h9,11,13,15H,3-8,10,12H2,1-2H3. The van der Waals surface area contributed by atoms with Crippen molar-refractivity contribution in [3.63, 3.8) is 0 Å². The van der Waals surface area contributed by atoms with E-state index in [4.69, 9.17) is 0 Å². The Morgan fingerprint density at radius 1 is 1.12 bits per heavy atom. The summed E-state index contributed by atoms with van der Waals surface area (Å²) >= 11 is 0. The van der Waals surface area contributed by atoms with Crippen LogP contribution in [0.1, 0.15) is 51.0 Å². The number of hydrogen-bond acceptors (Lipinski definition) is 1. The zero-order valence-electron chi connectivity index (χ0n) is 10.8. The highest BCUT2D eigenvalue weighted by atomic mass is 14.9. The Morgan fingerprint density at radius 2 is 1.88 bits per heavy atom. The molecule has 1 aromatic heterocycles. The van der Waals surface area contributed by atoms with Gasteiger partial charge in [0, 0.05) is 25.5 Å². The summed E-state index contributed by atoms with van der Waals surface area (Å²) in [6.45, 7) is 4.42. The molecular formula is C14H26N2. The first-order valence-electron chi connectivity index (χ1n) is 6.66. The molecule has 1 heterocycles. The molecule has 0 radical (unpaired) electrons. The molecule has 16 heavy (non-hydrogen) atoms. The number of nitrogens with one attached hydrogen (secondary N) is 1. The second kappa shape index (κ2) is 8.40. The third-order valence-electron chi connectivity index (χ3n) is 2.96. The van der Waals surface area contributed by atoms with Gasteiger partial charge >= 0.3 is 0 Å². The second-order valence-electron chi connectivity index (χ2n) is 4.56. The predicted molar refractivity (Wildman–Crippen MR) is 70.6 cm³/mol. The van der Waals surface area contributed by atoms with Crippen molar-refractivity contribution in [1.29, 1.82) is 0 Å². The summed E-state index contributed by atoms with van der Waals surface area (Å²) in [6, 6.07) is 2.20. The summed E-state index contributed by atoms with van der Waals surface area (Å²) in [7, 11) is 1.99. The number of unbranched alkanes of at least 4 members (excludes halogenated alkanes) is 5. The highest BCUT2D eigenvalue weighted by Crippen LogP contribution is 2.07. The molecule has 2 heteroatoms. The molecule has 0 saturated carbocycles. The molecule has 0 aliphatic heterocycles. The van der Waals surface area contributed by atoms with Gasteiger partial charge in [-0.25, -0.2) is 0 Å². The third kappa shape index (κ3) is 5.36. The SMILES string of the molecule is CCCCCCCCn1ccc(CNC)c1. The molecule has 0 aliphatic carbocycles. The number of aromatic nitrogens is 1. The molecule has 2 nitrogen and oxygen atoms in total. The van der Waals surface area contributed by atoms with Crippen LogP contribution >= 0.6 is 0 Å². The topological polar surface area (TPSA) is 17.0 Å². The average Bonchev–Trinajstić information content (AvgIpc) is 2.72. The van der Waals surface area contributed by atoms with Crippen molar-refractivity contribution in [3.8, 4) is 0 Å². The van der Waals surface area contributed by atoms with E-state index in [1.54, 1.807) is 0 Å². The molecule has 1 rings (SSSR count). The zero-order valence-corrected chi connectivity index (χ0v) is 10.8. The van der Waals surface area contributed by atoms with Crippen molar-refractivity contribution in [2.24, 2.45) is 0 Å². The van der Waals surface area contributed by atoms with Crippen LogP contribution in [0.5, 0.6) is 0 Å². The van der Waals surface area contributed by atoms with E-state index in [0.29, 0.717) is 0 Å². The fraction of sp³-hybridized carbons (Fsp3) is 0.714. The fourth-order valence-corrected chi connectivity index (χ4v) is 2.01. The summed E-state index contributed by atoms with van der Waals surface area (Å²) < 4.78 is 2.31. The van der Waals surface area contributed by atoms with Crippen LogP contribution in [0.4, 0.5) is 0 Å². The fourth-order valence-electron chi connectivity index (χ4n) is 2.01. The van der Waals surface area contributed by atoms with E-state index in [2.05, 4.69) is 35.3 Å². The minimum absolute atomic E-state index is 0.976. The predicted octanol–water partition coefficient (Wildman–Crippen LogP) is 3.57. The molecule has 1 aromatic rings. The van der Waals surface area contributed by atoms with E-state index in [1.165, 1.54) is 50.6 Å². The average molecular weight is 222 g/mol. The van der Waals surface area contributed by atoms with Crippen molar-refractivity contribution in [3.05, 3.63) is 24.0 Å². The van der Waals surface area contributed by atoms with Gasteiger partial charge in [-0.1, -0.05) is 39.0 Å². The summed E-state index contributed by atoms with van der Waals surface area (Å²) in [5.41, 5.74) is 1.38. The van der Waals surface area contributed by atoms with E-state index in [0.717, 1.165) is 6.54 Å². The maximum atomic E-state index is 3.17. The lowest BCUT2D eigenvalue weighted by Gasteiger charge is -2.03. The van der Waals surface area contributed by atoms with Crippen LogP contribution in [0.15, 0.2) is 18.5 Å². The smallest absolute Gasteiger partial charge is 0.0219 e. The Kier molecular flexibility index (Phi) is 6.98. The number of nitrogens with zero attached hydrogens (tertiary/aromatic N) is 1. The molecule has 0 spiro atoms. The molecule has 0 atom stereocenters. The first-order chi connectivity index (χ1) is 7.86. The number of hydrogen-bond donors (Lipinski definition) is 1. The molecule has 0 fully saturated rings. The normalized spacial score (nSPS) is 10.9. The van der Waals surface area contributed by atoms with Crippen molar-refractivity contribution < 1.29 is 0 Å². The van der Waals surface area contributed by atoms with Crippen LogP contribution < -0.4 is 5.32 Å². The van der Waals surface area contributed by atoms with Gasteiger partial charge < -0.3 is 9.88 Å². The van der Waals surface area contributed by atoms with Crippen molar-refractivity contribution in [2.75, 3.05) is 7.05 Å². The highest BCUT2D eigenvalue weighted by molar-refractivity contribution is 5.09. The molecule has 1 N–H and O–H groups in total. The molecule has 0 aliphatic rings. The molecule has 0 bridgehead atoms. The van der Waals surface area contributed by atoms with Crippen LogP contribution in [-0.2, 0) is 13.1 Å². The van der Waals surface area contributed by atoms with Gasteiger partial charge in [0.25, 0.3) is 0 Å². The van der Waals surface area contributed by atoms with E-state index >= 15 is 0 Å². The van der Waals surface area contributed by atoms with E-state index in [1.807, 2.05) is 7.05 Å².